The first kappa shape index (κ1) is 22.0. The number of ketones is 1. The molecule has 2 aromatic carbocycles. The van der Waals surface area contributed by atoms with Gasteiger partial charge in [0.25, 0.3) is 0 Å². The molecule has 32 heavy (non-hydrogen) atoms. The third kappa shape index (κ3) is 4.81. The number of benzene rings is 2. The van der Waals surface area contributed by atoms with Gasteiger partial charge in [-0.15, -0.1) is 0 Å². The van der Waals surface area contributed by atoms with Gasteiger partial charge in [0, 0.05) is 48.6 Å². The molecule has 1 aliphatic rings. The summed E-state index contributed by atoms with van der Waals surface area (Å²) >= 11 is 0. The third-order valence-electron chi connectivity index (χ3n) is 6.05. The van der Waals surface area contributed by atoms with Gasteiger partial charge < -0.3 is 9.47 Å². The molecular formula is C26H29N3O3. The van der Waals surface area contributed by atoms with Crippen molar-refractivity contribution in [2.75, 3.05) is 27.3 Å². The molecule has 0 radical (unpaired) electrons. The highest BCUT2D eigenvalue weighted by Crippen LogP contribution is 2.30. The summed E-state index contributed by atoms with van der Waals surface area (Å²) in [5, 5.41) is 0. The van der Waals surface area contributed by atoms with Gasteiger partial charge in [0.1, 0.15) is 11.5 Å². The zero-order valence-electron chi connectivity index (χ0n) is 18.9. The Labute approximate surface area is 189 Å². The molecule has 0 saturated carbocycles. The summed E-state index contributed by atoms with van der Waals surface area (Å²) in [7, 11) is 3.19. The number of piperidine rings is 1. The number of hydrogen-bond acceptors (Lipinski definition) is 6. The Morgan fingerprint density at radius 3 is 2.59 bits per heavy atom. The van der Waals surface area contributed by atoms with Crippen molar-refractivity contribution >= 4 is 5.78 Å². The Balaban J connectivity index is 1.43. The minimum atomic E-state index is -0.0572. The molecular weight excluding hydrogens is 402 g/mol. The molecule has 1 unspecified atom stereocenters. The van der Waals surface area contributed by atoms with Crippen LogP contribution in [0.3, 0.4) is 0 Å². The molecule has 4 rings (SSSR count). The fourth-order valence-electron chi connectivity index (χ4n) is 4.29. The summed E-state index contributed by atoms with van der Waals surface area (Å²) in [6, 6.07) is 13.5. The molecule has 0 aliphatic carbocycles. The maximum absolute atomic E-state index is 13.2. The van der Waals surface area contributed by atoms with Crippen molar-refractivity contribution < 1.29 is 14.3 Å². The molecule has 6 nitrogen and oxygen atoms in total. The largest absolute Gasteiger partial charge is 0.497 e. The van der Waals surface area contributed by atoms with Crippen LogP contribution in [0.1, 0.15) is 34.3 Å². The topological polar surface area (TPSA) is 64.5 Å². The van der Waals surface area contributed by atoms with Crippen LogP contribution in [0.2, 0.25) is 0 Å². The fraction of sp³-hybridized carbons (Fsp3) is 0.346. The molecule has 0 amide bonds. The number of hydrogen-bond donors (Lipinski definition) is 0. The van der Waals surface area contributed by atoms with Gasteiger partial charge in [-0.05, 0) is 44.0 Å². The van der Waals surface area contributed by atoms with Gasteiger partial charge in [0.05, 0.1) is 19.8 Å². The number of likely N-dealkylation sites (tertiary alicyclic amines) is 1. The van der Waals surface area contributed by atoms with Gasteiger partial charge in [-0.1, -0.05) is 24.3 Å². The van der Waals surface area contributed by atoms with E-state index in [0.717, 1.165) is 48.4 Å². The molecule has 3 aromatic rings. The first-order valence-electron chi connectivity index (χ1n) is 10.9. The highest BCUT2D eigenvalue weighted by molar-refractivity contribution is 6.00. The monoisotopic (exact) mass is 431 g/mol. The fourth-order valence-corrected chi connectivity index (χ4v) is 4.29. The van der Waals surface area contributed by atoms with Crippen LogP contribution in [0.5, 0.6) is 11.5 Å². The highest BCUT2D eigenvalue weighted by atomic mass is 16.5. The van der Waals surface area contributed by atoms with Gasteiger partial charge in [-0.2, -0.15) is 0 Å². The van der Waals surface area contributed by atoms with Crippen LogP contribution < -0.4 is 9.47 Å². The van der Waals surface area contributed by atoms with E-state index in [1.54, 1.807) is 26.4 Å². The van der Waals surface area contributed by atoms with E-state index >= 15 is 0 Å². The molecule has 0 spiro atoms. The molecule has 6 heteroatoms. The smallest absolute Gasteiger partial charge is 0.170 e. The number of nitrogens with zero attached hydrogens (tertiary/aromatic N) is 3. The van der Waals surface area contributed by atoms with Crippen molar-refractivity contribution in [1.29, 1.82) is 0 Å². The number of aryl methyl sites for hydroxylation is 1. The van der Waals surface area contributed by atoms with E-state index < -0.39 is 0 Å². The van der Waals surface area contributed by atoms with E-state index in [1.165, 1.54) is 0 Å². The van der Waals surface area contributed by atoms with Crippen LogP contribution in [0.25, 0.3) is 11.4 Å². The third-order valence-corrected chi connectivity index (χ3v) is 6.05. The van der Waals surface area contributed by atoms with E-state index in [0.29, 0.717) is 23.6 Å². The highest BCUT2D eigenvalue weighted by Gasteiger charge is 2.28. The van der Waals surface area contributed by atoms with Crippen LogP contribution in [0.4, 0.5) is 0 Å². The molecule has 1 aliphatic heterocycles. The van der Waals surface area contributed by atoms with Crippen molar-refractivity contribution in [2.45, 2.75) is 26.3 Å². The summed E-state index contributed by atoms with van der Waals surface area (Å²) in [5.41, 5.74) is 3.88. The Hall–Kier alpha value is -3.25. The minimum absolute atomic E-state index is 0.0572. The van der Waals surface area contributed by atoms with Crippen LogP contribution in [0.15, 0.2) is 54.9 Å². The van der Waals surface area contributed by atoms with Gasteiger partial charge in [0.15, 0.2) is 11.6 Å². The van der Waals surface area contributed by atoms with Gasteiger partial charge >= 0.3 is 0 Å². The molecule has 1 fully saturated rings. The molecule has 1 saturated heterocycles. The van der Waals surface area contributed by atoms with E-state index in [-0.39, 0.29) is 11.7 Å². The number of Topliss-reactive ketones (excluding diaryl/α,β-unsaturated/α-hetero) is 1. The lowest BCUT2D eigenvalue weighted by Crippen LogP contribution is -2.38. The van der Waals surface area contributed by atoms with Crippen molar-refractivity contribution in [1.82, 2.24) is 14.9 Å². The lowest BCUT2D eigenvalue weighted by molar-refractivity contribution is 0.0808. The Morgan fingerprint density at radius 2 is 1.88 bits per heavy atom. The molecule has 2 heterocycles. The quantitative estimate of drug-likeness (QED) is 0.511. The molecule has 1 atom stereocenters. The Morgan fingerprint density at radius 1 is 1.09 bits per heavy atom. The molecule has 1 aromatic heterocycles. The van der Waals surface area contributed by atoms with Crippen molar-refractivity contribution in [2.24, 2.45) is 5.92 Å². The lowest BCUT2D eigenvalue weighted by Gasteiger charge is -2.32. The van der Waals surface area contributed by atoms with E-state index in [2.05, 4.69) is 27.9 Å². The number of aromatic nitrogens is 2. The standard InChI is InChI=1S/C26H29N3O3/c1-18-7-4-5-9-22(18)26-27-14-19(15-28-26)16-29-12-6-8-20(17-29)25(30)23-11-10-21(31-2)13-24(23)32-3/h4-5,7,9-11,13-15,20H,6,8,12,16-17H2,1-3H3. The summed E-state index contributed by atoms with van der Waals surface area (Å²) in [5.74, 6) is 2.05. The second-order valence-corrected chi connectivity index (χ2v) is 8.23. The predicted molar refractivity (Wildman–Crippen MR) is 124 cm³/mol. The Kier molecular flexibility index (Phi) is 6.81. The molecule has 166 valence electrons. The first-order chi connectivity index (χ1) is 15.6. The summed E-state index contributed by atoms with van der Waals surface area (Å²) in [6.07, 6.45) is 5.66. The van der Waals surface area contributed by atoms with Crippen molar-refractivity contribution in [3.05, 3.63) is 71.5 Å². The van der Waals surface area contributed by atoms with Crippen LogP contribution >= 0.6 is 0 Å². The number of ether oxygens (including phenoxy) is 2. The zero-order valence-corrected chi connectivity index (χ0v) is 18.9. The summed E-state index contributed by atoms with van der Waals surface area (Å²) in [4.78, 5) is 24.7. The predicted octanol–water partition coefficient (Wildman–Crippen LogP) is 4.56. The SMILES string of the molecule is COc1ccc(C(=O)C2CCCN(Cc3cnc(-c4ccccc4C)nc3)C2)c(OC)c1. The number of rotatable bonds is 7. The molecule has 0 N–H and O–H groups in total. The second-order valence-electron chi connectivity index (χ2n) is 8.23. The van der Waals surface area contributed by atoms with Gasteiger partial charge in [-0.25, -0.2) is 9.97 Å². The van der Waals surface area contributed by atoms with E-state index in [9.17, 15) is 4.79 Å². The average Bonchev–Trinajstić information content (AvgIpc) is 2.84. The van der Waals surface area contributed by atoms with Crippen molar-refractivity contribution in [3.8, 4) is 22.9 Å². The van der Waals surface area contributed by atoms with Crippen LogP contribution in [-0.2, 0) is 6.54 Å². The van der Waals surface area contributed by atoms with Crippen molar-refractivity contribution in [3.63, 3.8) is 0 Å². The summed E-state index contributed by atoms with van der Waals surface area (Å²) < 4.78 is 10.7. The maximum atomic E-state index is 13.2. The van der Waals surface area contributed by atoms with E-state index in [1.807, 2.05) is 36.7 Å². The van der Waals surface area contributed by atoms with E-state index in [4.69, 9.17) is 9.47 Å². The van der Waals surface area contributed by atoms with Gasteiger partial charge in [0.2, 0.25) is 0 Å². The molecule has 0 bridgehead atoms. The first-order valence-corrected chi connectivity index (χ1v) is 10.9. The zero-order chi connectivity index (χ0) is 22.5. The Bertz CT molecular complexity index is 1080. The normalized spacial score (nSPS) is 16.5. The minimum Gasteiger partial charge on any atom is -0.497 e. The number of carbonyl (C=O) groups excluding carboxylic acids is 1. The summed E-state index contributed by atoms with van der Waals surface area (Å²) in [6.45, 7) is 4.48. The second kappa shape index (κ2) is 9.92. The van der Waals surface area contributed by atoms with Gasteiger partial charge in [-0.3, -0.25) is 9.69 Å². The average molecular weight is 432 g/mol. The number of methoxy groups -OCH3 is 2. The van der Waals surface area contributed by atoms with Crippen LogP contribution in [-0.4, -0.2) is 48.0 Å². The number of carbonyl (C=O) groups is 1. The lowest BCUT2D eigenvalue weighted by atomic mass is 9.89. The van der Waals surface area contributed by atoms with Crippen LogP contribution in [0, 0.1) is 12.8 Å². The maximum Gasteiger partial charge on any atom is 0.170 e.